The highest BCUT2D eigenvalue weighted by Crippen LogP contribution is 2.25. The van der Waals surface area contributed by atoms with Crippen LogP contribution in [0.3, 0.4) is 0 Å². The number of aromatic nitrogens is 3. The lowest BCUT2D eigenvalue weighted by Gasteiger charge is -2.16. The molecule has 1 aromatic carbocycles. The van der Waals surface area contributed by atoms with Crippen LogP contribution in [-0.2, 0) is 6.42 Å². The largest absolute Gasteiger partial charge is 0.470 e. The molecule has 1 fully saturated rings. The number of rotatable bonds is 4. The van der Waals surface area contributed by atoms with E-state index in [4.69, 9.17) is 4.74 Å². The van der Waals surface area contributed by atoms with Crippen molar-refractivity contribution < 1.29 is 13.9 Å². The Hall–Kier alpha value is -2.61. The zero-order valence-corrected chi connectivity index (χ0v) is 15.0. The maximum absolute atomic E-state index is 14.2. The summed E-state index contributed by atoms with van der Waals surface area (Å²) in [5.41, 5.74) is 1.15. The number of thiazole rings is 1. The van der Waals surface area contributed by atoms with E-state index in [-0.39, 0.29) is 17.9 Å². The number of nitrogens with zero attached hydrogens (tertiary/aromatic N) is 4. The van der Waals surface area contributed by atoms with Crippen LogP contribution in [0.5, 0.6) is 5.88 Å². The van der Waals surface area contributed by atoms with E-state index in [1.54, 1.807) is 4.90 Å². The Kier molecular flexibility index (Phi) is 4.50. The van der Waals surface area contributed by atoms with E-state index in [2.05, 4.69) is 15.0 Å². The number of carbonyl (C=O) groups excluding carboxylic acids is 1. The van der Waals surface area contributed by atoms with E-state index in [9.17, 15) is 9.18 Å². The SMILES string of the molecule is CCc1ncnc(O[C@@H]2CCN(C(=O)c3nc4ccccc4s3)C2)c1F. The molecule has 6 nitrogen and oxygen atoms in total. The Labute approximate surface area is 153 Å². The number of hydrogen-bond donors (Lipinski definition) is 0. The molecule has 1 amide bonds. The van der Waals surface area contributed by atoms with Crippen LogP contribution in [0.15, 0.2) is 30.6 Å². The monoisotopic (exact) mass is 372 g/mol. The molecule has 26 heavy (non-hydrogen) atoms. The van der Waals surface area contributed by atoms with Crippen molar-refractivity contribution in [2.45, 2.75) is 25.9 Å². The van der Waals surface area contributed by atoms with Gasteiger partial charge in [0, 0.05) is 13.0 Å². The molecular formula is C18H17FN4O2S. The summed E-state index contributed by atoms with van der Waals surface area (Å²) in [5, 5.41) is 0.466. The number of halogens is 1. The molecule has 1 saturated heterocycles. The minimum Gasteiger partial charge on any atom is -0.470 e. The third kappa shape index (κ3) is 3.12. The first kappa shape index (κ1) is 16.8. The molecule has 3 aromatic rings. The number of hydrogen-bond acceptors (Lipinski definition) is 6. The minimum absolute atomic E-state index is 0.0452. The van der Waals surface area contributed by atoms with Crippen LogP contribution in [0.25, 0.3) is 10.2 Å². The first-order valence-corrected chi connectivity index (χ1v) is 9.28. The molecule has 0 spiro atoms. The minimum atomic E-state index is -0.522. The summed E-state index contributed by atoms with van der Waals surface area (Å²) in [7, 11) is 0. The van der Waals surface area contributed by atoms with E-state index in [0.29, 0.717) is 36.6 Å². The van der Waals surface area contributed by atoms with Crippen LogP contribution >= 0.6 is 11.3 Å². The second-order valence-corrected chi connectivity index (χ2v) is 7.09. The van der Waals surface area contributed by atoms with Crippen molar-refractivity contribution in [1.82, 2.24) is 19.9 Å². The quantitative estimate of drug-likeness (QED) is 0.704. The normalized spacial score (nSPS) is 17.0. The van der Waals surface area contributed by atoms with E-state index in [1.165, 1.54) is 17.7 Å². The molecule has 0 unspecified atom stereocenters. The average Bonchev–Trinajstić information content (AvgIpc) is 3.29. The molecule has 2 aromatic heterocycles. The second kappa shape index (κ2) is 6.95. The number of fused-ring (bicyclic) bond motifs is 1. The molecule has 0 aliphatic carbocycles. The average molecular weight is 372 g/mol. The van der Waals surface area contributed by atoms with Gasteiger partial charge >= 0.3 is 0 Å². The van der Waals surface area contributed by atoms with Gasteiger partial charge in [-0.25, -0.2) is 9.97 Å². The van der Waals surface area contributed by atoms with Crippen LogP contribution in [0.1, 0.15) is 28.8 Å². The van der Waals surface area contributed by atoms with Gasteiger partial charge in [-0.1, -0.05) is 19.1 Å². The van der Waals surface area contributed by atoms with Crippen LogP contribution in [-0.4, -0.2) is 45.0 Å². The van der Waals surface area contributed by atoms with Gasteiger partial charge in [-0.15, -0.1) is 11.3 Å². The van der Waals surface area contributed by atoms with Gasteiger partial charge in [-0.3, -0.25) is 4.79 Å². The summed E-state index contributed by atoms with van der Waals surface area (Å²) in [6, 6.07) is 7.66. The summed E-state index contributed by atoms with van der Waals surface area (Å²) in [4.78, 5) is 26.6. The van der Waals surface area contributed by atoms with Gasteiger partial charge in [0.15, 0.2) is 5.01 Å². The van der Waals surface area contributed by atoms with Gasteiger partial charge in [0.2, 0.25) is 5.82 Å². The van der Waals surface area contributed by atoms with Gasteiger partial charge in [0.1, 0.15) is 12.4 Å². The molecule has 8 heteroatoms. The van der Waals surface area contributed by atoms with E-state index in [1.807, 2.05) is 31.2 Å². The highest BCUT2D eigenvalue weighted by Gasteiger charge is 2.31. The molecule has 0 bridgehead atoms. The fraction of sp³-hybridized carbons (Fsp3) is 0.333. The number of amides is 1. The highest BCUT2D eigenvalue weighted by molar-refractivity contribution is 7.20. The Balaban J connectivity index is 1.45. The molecule has 0 radical (unpaired) electrons. The topological polar surface area (TPSA) is 68.2 Å². The third-order valence-electron chi connectivity index (χ3n) is 4.35. The lowest BCUT2D eigenvalue weighted by Crippen LogP contribution is -2.31. The number of benzene rings is 1. The van der Waals surface area contributed by atoms with E-state index < -0.39 is 5.82 Å². The van der Waals surface area contributed by atoms with Crippen molar-refractivity contribution in [3.05, 3.63) is 47.1 Å². The Bertz CT molecular complexity index is 928. The molecule has 3 heterocycles. The van der Waals surface area contributed by atoms with Crippen molar-refractivity contribution in [2.75, 3.05) is 13.1 Å². The second-order valence-electron chi connectivity index (χ2n) is 6.06. The summed E-state index contributed by atoms with van der Waals surface area (Å²) in [6.07, 6.45) is 2.11. The number of ether oxygens (including phenoxy) is 1. The Morgan fingerprint density at radius 2 is 2.23 bits per heavy atom. The van der Waals surface area contributed by atoms with Crippen molar-refractivity contribution in [1.29, 1.82) is 0 Å². The number of carbonyl (C=O) groups is 1. The summed E-state index contributed by atoms with van der Waals surface area (Å²) >= 11 is 1.38. The van der Waals surface area contributed by atoms with Crippen LogP contribution in [0, 0.1) is 5.82 Å². The van der Waals surface area contributed by atoms with Gasteiger partial charge < -0.3 is 9.64 Å². The molecule has 4 rings (SSSR count). The molecule has 0 N–H and O–H groups in total. The first-order chi connectivity index (χ1) is 12.7. The summed E-state index contributed by atoms with van der Waals surface area (Å²) in [6.45, 7) is 2.76. The smallest absolute Gasteiger partial charge is 0.283 e. The van der Waals surface area contributed by atoms with Gasteiger partial charge in [-0.2, -0.15) is 9.37 Å². The maximum atomic E-state index is 14.2. The molecular weight excluding hydrogens is 355 g/mol. The fourth-order valence-corrected chi connectivity index (χ4v) is 3.92. The van der Waals surface area contributed by atoms with Crippen molar-refractivity contribution in [3.8, 4) is 5.88 Å². The fourth-order valence-electron chi connectivity index (χ4n) is 2.98. The third-order valence-corrected chi connectivity index (χ3v) is 5.38. The van der Waals surface area contributed by atoms with Crippen LogP contribution in [0.2, 0.25) is 0 Å². The van der Waals surface area contributed by atoms with E-state index in [0.717, 1.165) is 10.2 Å². The Morgan fingerprint density at radius 1 is 1.38 bits per heavy atom. The maximum Gasteiger partial charge on any atom is 0.283 e. The van der Waals surface area contributed by atoms with Gasteiger partial charge in [0.05, 0.1) is 22.5 Å². The summed E-state index contributed by atoms with van der Waals surface area (Å²) in [5.74, 6) is -0.684. The lowest BCUT2D eigenvalue weighted by molar-refractivity contribution is 0.0769. The first-order valence-electron chi connectivity index (χ1n) is 8.46. The standard InChI is InChI=1S/C18H17FN4O2S/c1-2-12-15(19)16(21-10-20-12)25-11-7-8-23(9-11)18(24)17-22-13-5-3-4-6-14(13)26-17/h3-6,10-11H,2,7-9H2,1H3/t11-/m1/s1. The Morgan fingerprint density at radius 3 is 3.04 bits per heavy atom. The highest BCUT2D eigenvalue weighted by atomic mass is 32.1. The van der Waals surface area contributed by atoms with Gasteiger partial charge in [0.25, 0.3) is 11.8 Å². The zero-order valence-electron chi connectivity index (χ0n) is 14.2. The predicted octanol–water partition coefficient (Wildman–Crippen LogP) is 3.08. The summed E-state index contributed by atoms with van der Waals surface area (Å²) < 4.78 is 20.9. The van der Waals surface area contributed by atoms with Crippen molar-refractivity contribution in [3.63, 3.8) is 0 Å². The number of likely N-dealkylation sites (tertiary alicyclic amines) is 1. The van der Waals surface area contributed by atoms with Crippen molar-refractivity contribution >= 4 is 27.5 Å². The van der Waals surface area contributed by atoms with E-state index >= 15 is 0 Å². The predicted molar refractivity (Wildman–Crippen MR) is 95.9 cm³/mol. The lowest BCUT2D eigenvalue weighted by atomic mass is 10.3. The molecule has 1 aliphatic rings. The molecule has 1 atom stereocenters. The molecule has 1 aliphatic heterocycles. The molecule has 0 saturated carbocycles. The van der Waals surface area contributed by atoms with Crippen molar-refractivity contribution in [2.24, 2.45) is 0 Å². The van der Waals surface area contributed by atoms with Gasteiger partial charge in [-0.05, 0) is 18.6 Å². The van der Waals surface area contributed by atoms with Crippen LogP contribution < -0.4 is 4.74 Å². The number of para-hydroxylation sites is 1. The number of aryl methyl sites for hydroxylation is 1. The zero-order chi connectivity index (χ0) is 18.1. The van der Waals surface area contributed by atoms with Crippen LogP contribution in [0.4, 0.5) is 4.39 Å². The molecule has 134 valence electrons.